The van der Waals surface area contributed by atoms with Crippen molar-refractivity contribution in [1.29, 1.82) is 0 Å². The van der Waals surface area contributed by atoms with Crippen molar-refractivity contribution < 1.29 is 4.52 Å². The molecule has 5 heteroatoms. The van der Waals surface area contributed by atoms with Crippen molar-refractivity contribution >= 4 is 11.6 Å². The molecule has 0 unspecified atom stereocenters. The minimum absolute atomic E-state index is 0.0982. The molecule has 0 radical (unpaired) electrons. The Morgan fingerprint density at radius 1 is 1.12 bits per heavy atom. The molecule has 1 N–H and O–H groups in total. The fourth-order valence-electron chi connectivity index (χ4n) is 2.70. The van der Waals surface area contributed by atoms with Crippen LogP contribution in [-0.4, -0.2) is 10.1 Å². The maximum absolute atomic E-state index is 5.98. The lowest BCUT2D eigenvalue weighted by Crippen LogP contribution is -2.24. The fourth-order valence-corrected chi connectivity index (χ4v) is 2.83. The molecule has 24 heavy (non-hydrogen) atoms. The molecule has 0 aliphatic heterocycles. The SMILES string of the molecule is Cc1noc(C)c1CN[C@@H](Cc1ccc(Cl)cc1)c1ccccn1. The minimum Gasteiger partial charge on any atom is -0.361 e. The predicted molar refractivity (Wildman–Crippen MR) is 95.0 cm³/mol. The van der Waals surface area contributed by atoms with E-state index in [1.165, 1.54) is 5.56 Å². The second kappa shape index (κ2) is 7.60. The van der Waals surface area contributed by atoms with Gasteiger partial charge in [-0.2, -0.15) is 0 Å². The third-order valence-electron chi connectivity index (χ3n) is 4.10. The van der Waals surface area contributed by atoms with Crippen LogP contribution in [0.15, 0.2) is 53.2 Å². The van der Waals surface area contributed by atoms with E-state index in [4.69, 9.17) is 16.1 Å². The highest BCUT2D eigenvalue weighted by atomic mass is 35.5. The predicted octanol–water partition coefficient (Wildman–Crippen LogP) is 4.41. The molecule has 0 saturated heterocycles. The van der Waals surface area contributed by atoms with E-state index >= 15 is 0 Å². The summed E-state index contributed by atoms with van der Waals surface area (Å²) < 4.78 is 5.24. The van der Waals surface area contributed by atoms with Gasteiger partial charge in [-0.15, -0.1) is 0 Å². The number of aryl methyl sites for hydroxylation is 2. The molecule has 1 atom stereocenters. The molecule has 1 aromatic carbocycles. The Kier molecular flexibility index (Phi) is 5.28. The van der Waals surface area contributed by atoms with Crippen LogP contribution >= 0.6 is 11.6 Å². The second-order valence-corrected chi connectivity index (χ2v) is 6.26. The van der Waals surface area contributed by atoms with E-state index in [1.807, 2.05) is 50.4 Å². The molecule has 0 fully saturated rings. The zero-order valence-corrected chi connectivity index (χ0v) is 14.5. The minimum atomic E-state index is 0.0982. The van der Waals surface area contributed by atoms with Crippen molar-refractivity contribution in [1.82, 2.24) is 15.5 Å². The van der Waals surface area contributed by atoms with Crippen LogP contribution in [-0.2, 0) is 13.0 Å². The lowest BCUT2D eigenvalue weighted by atomic mass is 10.0. The number of nitrogens with zero attached hydrogens (tertiary/aromatic N) is 2. The summed E-state index contributed by atoms with van der Waals surface area (Å²) in [5.74, 6) is 0.853. The molecule has 3 rings (SSSR count). The summed E-state index contributed by atoms with van der Waals surface area (Å²) in [6.45, 7) is 4.59. The van der Waals surface area contributed by atoms with E-state index < -0.39 is 0 Å². The third-order valence-corrected chi connectivity index (χ3v) is 4.36. The number of hydrogen-bond acceptors (Lipinski definition) is 4. The van der Waals surface area contributed by atoms with E-state index in [0.717, 1.165) is 34.2 Å². The van der Waals surface area contributed by atoms with Crippen molar-refractivity contribution in [3.63, 3.8) is 0 Å². The van der Waals surface area contributed by atoms with Crippen LogP contribution in [0, 0.1) is 13.8 Å². The van der Waals surface area contributed by atoms with Gasteiger partial charge in [0.1, 0.15) is 5.76 Å². The van der Waals surface area contributed by atoms with Gasteiger partial charge in [-0.3, -0.25) is 4.98 Å². The summed E-state index contributed by atoms with van der Waals surface area (Å²) in [5.41, 5.74) is 4.25. The Morgan fingerprint density at radius 2 is 1.92 bits per heavy atom. The fraction of sp³-hybridized carbons (Fsp3) is 0.263. The highest BCUT2D eigenvalue weighted by Crippen LogP contribution is 2.20. The van der Waals surface area contributed by atoms with Crippen molar-refractivity contribution in [2.24, 2.45) is 0 Å². The quantitative estimate of drug-likeness (QED) is 0.721. The average Bonchev–Trinajstić information content (AvgIpc) is 2.92. The van der Waals surface area contributed by atoms with Crippen LogP contribution in [0.5, 0.6) is 0 Å². The first-order chi connectivity index (χ1) is 11.6. The smallest absolute Gasteiger partial charge is 0.138 e. The van der Waals surface area contributed by atoms with E-state index in [1.54, 1.807) is 0 Å². The molecule has 124 valence electrons. The van der Waals surface area contributed by atoms with Gasteiger partial charge >= 0.3 is 0 Å². The highest BCUT2D eigenvalue weighted by Gasteiger charge is 2.16. The Balaban J connectivity index is 1.78. The molecule has 4 nitrogen and oxygen atoms in total. The van der Waals surface area contributed by atoms with Gasteiger partial charge in [0.05, 0.1) is 17.4 Å². The Labute approximate surface area is 146 Å². The lowest BCUT2D eigenvalue weighted by Gasteiger charge is -2.18. The molecular weight excluding hydrogens is 322 g/mol. The molecule has 3 aromatic rings. The summed E-state index contributed by atoms with van der Waals surface area (Å²) in [7, 11) is 0. The van der Waals surface area contributed by atoms with E-state index in [0.29, 0.717) is 6.54 Å². The van der Waals surface area contributed by atoms with Crippen LogP contribution < -0.4 is 5.32 Å². The number of halogens is 1. The maximum atomic E-state index is 5.98. The van der Waals surface area contributed by atoms with E-state index in [9.17, 15) is 0 Å². The normalized spacial score (nSPS) is 12.3. The number of aromatic nitrogens is 2. The second-order valence-electron chi connectivity index (χ2n) is 5.82. The maximum Gasteiger partial charge on any atom is 0.138 e. The lowest BCUT2D eigenvalue weighted by molar-refractivity contribution is 0.391. The molecule has 2 aromatic heterocycles. The van der Waals surface area contributed by atoms with Gasteiger partial charge < -0.3 is 9.84 Å². The van der Waals surface area contributed by atoms with Crippen LogP contribution in [0.4, 0.5) is 0 Å². The van der Waals surface area contributed by atoms with Crippen molar-refractivity contribution in [3.8, 4) is 0 Å². The van der Waals surface area contributed by atoms with Gasteiger partial charge in [0, 0.05) is 23.3 Å². The van der Waals surface area contributed by atoms with Crippen LogP contribution in [0.2, 0.25) is 5.02 Å². The first-order valence-corrected chi connectivity index (χ1v) is 8.32. The van der Waals surface area contributed by atoms with E-state index in [-0.39, 0.29) is 6.04 Å². The molecule has 2 heterocycles. The van der Waals surface area contributed by atoms with Crippen LogP contribution in [0.1, 0.15) is 34.3 Å². The standard InChI is InChI=1S/C19H20ClN3O/c1-13-17(14(2)24-23-13)12-22-19(18-5-3-4-10-21-18)11-15-6-8-16(20)9-7-15/h3-10,19,22H,11-12H2,1-2H3/t19-/m0/s1. The number of rotatable bonds is 6. The summed E-state index contributed by atoms with van der Waals surface area (Å²) in [6, 6.07) is 14.0. The zero-order chi connectivity index (χ0) is 16.9. The van der Waals surface area contributed by atoms with Gasteiger partial charge in [-0.1, -0.05) is 35.0 Å². The third kappa shape index (κ3) is 4.02. The van der Waals surface area contributed by atoms with Crippen LogP contribution in [0.25, 0.3) is 0 Å². The average molecular weight is 342 g/mol. The molecular formula is C19H20ClN3O. The van der Waals surface area contributed by atoms with Crippen molar-refractivity contribution in [3.05, 3.63) is 82.0 Å². The van der Waals surface area contributed by atoms with Crippen molar-refractivity contribution in [2.45, 2.75) is 32.9 Å². The number of pyridine rings is 1. The Hall–Kier alpha value is -2.17. The Morgan fingerprint density at radius 3 is 2.54 bits per heavy atom. The van der Waals surface area contributed by atoms with E-state index in [2.05, 4.69) is 27.6 Å². The summed E-state index contributed by atoms with van der Waals surface area (Å²) in [5, 5.41) is 8.35. The first-order valence-electron chi connectivity index (χ1n) is 7.94. The molecule has 0 amide bonds. The number of nitrogens with one attached hydrogen (secondary N) is 1. The Bertz CT molecular complexity index is 765. The van der Waals surface area contributed by atoms with Crippen molar-refractivity contribution in [2.75, 3.05) is 0 Å². The molecule has 0 spiro atoms. The monoisotopic (exact) mass is 341 g/mol. The topological polar surface area (TPSA) is 51.0 Å². The molecule has 0 aliphatic rings. The zero-order valence-electron chi connectivity index (χ0n) is 13.8. The highest BCUT2D eigenvalue weighted by molar-refractivity contribution is 6.30. The largest absolute Gasteiger partial charge is 0.361 e. The molecule has 0 aliphatic carbocycles. The summed E-state index contributed by atoms with van der Waals surface area (Å²) in [6.07, 6.45) is 2.65. The van der Waals surface area contributed by atoms with Gasteiger partial charge in [0.25, 0.3) is 0 Å². The summed E-state index contributed by atoms with van der Waals surface area (Å²) in [4.78, 5) is 4.51. The number of benzene rings is 1. The molecule has 0 saturated carbocycles. The van der Waals surface area contributed by atoms with Gasteiger partial charge in [0.2, 0.25) is 0 Å². The molecule has 0 bridgehead atoms. The van der Waals surface area contributed by atoms with Gasteiger partial charge in [-0.05, 0) is 50.1 Å². The van der Waals surface area contributed by atoms with Gasteiger partial charge in [-0.25, -0.2) is 0 Å². The van der Waals surface area contributed by atoms with Gasteiger partial charge in [0.15, 0.2) is 0 Å². The first kappa shape index (κ1) is 16.7. The number of hydrogen-bond donors (Lipinski definition) is 1. The van der Waals surface area contributed by atoms with Crippen LogP contribution in [0.3, 0.4) is 0 Å². The summed E-state index contributed by atoms with van der Waals surface area (Å²) >= 11 is 5.98.